The van der Waals surface area contributed by atoms with Crippen LogP contribution in [0.15, 0.2) is 71.8 Å². The molecule has 2 aliphatic rings. The summed E-state index contributed by atoms with van der Waals surface area (Å²) in [6.07, 6.45) is 4.55. The Bertz CT molecular complexity index is 1370. The molecule has 0 aliphatic carbocycles. The maximum atomic E-state index is 12.0. The third kappa shape index (κ3) is 7.15. The standard InChI is InChI=1S/C29H37N5O5S/c1-30-40(36,37)27-9-5-8-26(17-27)38-21-25(35)19-32-24-18-29(39-20-24)11-14-34(15-12-29)28-31-13-10-23(33-28)16-22-6-3-2-4-7-22/h2-10,13,17,24-25,30,32,35H,11-12,14-16,18-21H2,1H3/t24?,25-/m0/s1. The lowest BCUT2D eigenvalue weighted by molar-refractivity contribution is -0.0152. The topological polar surface area (TPSA) is 126 Å². The normalized spacial score (nSPS) is 19.6. The van der Waals surface area contributed by atoms with Gasteiger partial charge in [0.05, 0.1) is 22.8 Å². The van der Waals surface area contributed by atoms with Gasteiger partial charge < -0.3 is 24.8 Å². The van der Waals surface area contributed by atoms with Crippen LogP contribution >= 0.6 is 0 Å². The molecule has 0 radical (unpaired) electrons. The van der Waals surface area contributed by atoms with E-state index >= 15 is 0 Å². The molecule has 2 aliphatic heterocycles. The molecule has 2 saturated heterocycles. The first-order chi connectivity index (χ1) is 19.3. The lowest BCUT2D eigenvalue weighted by Gasteiger charge is -2.38. The molecule has 0 amide bonds. The molecule has 214 valence electrons. The molecule has 1 aromatic heterocycles. The van der Waals surface area contributed by atoms with E-state index < -0.39 is 16.1 Å². The van der Waals surface area contributed by atoms with Gasteiger partial charge in [-0.15, -0.1) is 0 Å². The van der Waals surface area contributed by atoms with Crippen LogP contribution in [0.5, 0.6) is 5.75 Å². The summed E-state index contributed by atoms with van der Waals surface area (Å²) < 4.78 is 38.2. The summed E-state index contributed by atoms with van der Waals surface area (Å²) >= 11 is 0. The second-order valence-electron chi connectivity index (χ2n) is 10.4. The molecule has 1 unspecified atom stereocenters. The maximum absolute atomic E-state index is 12.0. The Morgan fingerprint density at radius 1 is 1.15 bits per heavy atom. The van der Waals surface area contributed by atoms with Crippen LogP contribution in [0.1, 0.15) is 30.5 Å². The van der Waals surface area contributed by atoms with E-state index in [1.807, 2.05) is 30.5 Å². The predicted molar refractivity (Wildman–Crippen MR) is 152 cm³/mol. The molecular formula is C29H37N5O5S. The van der Waals surface area contributed by atoms with Crippen LogP contribution in [0, 0.1) is 0 Å². The molecule has 11 heteroatoms. The average molecular weight is 568 g/mol. The zero-order valence-electron chi connectivity index (χ0n) is 22.7. The highest BCUT2D eigenvalue weighted by molar-refractivity contribution is 7.89. The number of rotatable bonds is 11. The van der Waals surface area contributed by atoms with Crippen molar-refractivity contribution in [2.24, 2.45) is 0 Å². The first-order valence-electron chi connectivity index (χ1n) is 13.7. The first kappa shape index (κ1) is 28.4. The monoisotopic (exact) mass is 567 g/mol. The van der Waals surface area contributed by atoms with Crippen molar-refractivity contribution in [1.82, 2.24) is 20.0 Å². The Kier molecular flexibility index (Phi) is 8.97. The minimum atomic E-state index is -3.56. The van der Waals surface area contributed by atoms with Crippen LogP contribution in [-0.4, -0.2) is 81.1 Å². The van der Waals surface area contributed by atoms with Crippen molar-refractivity contribution in [3.63, 3.8) is 0 Å². The van der Waals surface area contributed by atoms with Crippen molar-refractivity contribution in [1.29, 1.82) is 0 Å². The molecule has 0 bridgehead atoms. The Morgan fingerprint density at radius 2 is 1.95 bits per heavy atom. The number of anilines is 1. The van der Waals surface area contributed by atoms with Crippen molar-refractivity contribution < 1.29 is 23.0 Å². The van der Waals surface area contributed by atoms with E-state index in [1.165, 1.54) is 24.7 Å². The van der Waals surface area contributed by atoms with E-state index in [9.17, 15) is 13.5 Å². The fraction of sp³-hybridized carbons (Fsp3) is 0.448. The van der Waals surface area contributed by atoms with Crippen LogP contribution < -0.4 is 19.7 Å². The number of ether oxygens (including phenoxy) is 2. The Hall–Kier alpha value is -3.09. The second-order valence-corrected chi connectivity index (χ2v) is 12.3. The number of aliphatic hydroxyl groups excluding tert-OH is 1. The molecule has 3 heterocycles. The molecule has 3 N–H and O–H groups in total. The minimum absolute atomic E-state index is 0.0487. The number of aliphatic hydroxyl groups is 1. The number of sulfonamides is 1. The van der Waals surface area contributed by atoms with E-state index in [1.54, 1.807) is 12.1 Å². The Labute approximate surface area is 235 Å². The number of hydrogen-bond acceptors (Lipinski definition) is 9. The quantitative estimate of drug-likeness (QED) is 0.320. The van der Waals surface area contributed by atoms with Crippen molar-refractivity contribution in [2.75, 3.05) is 44.8 Å². The van der Waals surface area contributed by atoms with Crippen molar-refractivity contribution in [3.8, 4) is 5.75 Å². The van der Waals surface area contributed by atoms with Gasteiger partial charge in [-0.1, -0.05) is 36.4 Å². The van der Waals surface area contributed by atoms with E-state index in [4.69, 9.17) is 14.5 Å². The molecule has 2 aromatic carbocycles. The summed E-state index contributed by atoms with van der Waals surface area (Å²) in [6, 6.07) is 18.7. The fourth-order valence-corrected chi connectivity index (χ4v) is 6.05. The molecule has 1 spiro atoms. The predicted octanol–water partition coefficient (Wildman–Crippen LogP) is 2.13. The van der Waals surface area contributed by atoms with Crippen molar-refractivity contribution in [2.45, 2.75) is 48.3 Å². The van der Waals surface area contributed by atoms with Crippen LogP contribution in [0.4, 0.5) is 5.95 Å². The largest absolute Gasteiger partial charge is 0.491 e. The van der Waals surface area contributed by atoms with Crippen LogP contribution in [0.3, 0.4) is 0 Å². The SMILES string of the molecule is CNS(=O)(=O)c1cccc(OC[C@@H](O)CNC2COC3(CCN(c4nccc(Cc5ccccc5)n4)CC3)C2)c1. The molecule has 0 saturated carbocycles. The number of benzene rings is 2. The number of nitrogens with zero attached hydrogens (tertiary/aromatic N) is 3. The molecule has 40 heavy (non-hydrogen) atoms. The molecule has 3 aromatic rings. The van der Waals surface area contributed by atoms with Gasteiger partial charge in [0, 0.05) is 44.4 Å². The van der Waals surface area contributed by atoms with Gasteiger partial charge in [0.2, 0.25) is 16.0 Å². The van der Waals surface area contributed by atoms with Crippen LogP contribution in [0.2, 0.25) is 0 Å². The number of nitrogens with one attached hydrogen (secondary N) is 2. The highest BCUT2D eigenvalue weighted by Crippen LogP contribution is 2.36. The van der Waals surface area contributed by atoms with Crippen LogP contribution in [-0.2, 0) is 21.2 Å². The summed E-state index contributed by atoms with van der Waals surface area (Å²) in [7, 11) is -2.20. The Balaban J connectivity index is 1.06. The van der Waals surface area contributed by atoms with Crippen LogP contribution in [0.25, 0.3) is 0 Å². The molecule has 2 atom stereocenters. The van der Waals surface area contributed by atoms with E-state index in [-0.39, 0.29) is 23.1 Å². The smallest absolute Gasteiger partial charge is 0.240 e. The summed E-state index contributed by atoms with van der Waals surface area (Å²) in [5.41, 5.74) is 2.07. The Morgan fingerprint density at radius 3 is 2.73 bits per heavy atom. The van der Waals surface area contributed by atoms with Crippen molar-refractivity contribution >= 4 is 16.0 Å². The summed E-state index contributed by atoms with van der Waals surface area (Å²) in [5, 5.41) is 13.9. The third-order valence-corrected chi connectivity index (χ3v) is 8.98. The number of hydrogen-bond donors (Lipinski definition) is 3. The van der Waals surface area contributed by atoms with Gasteiger partial charge >= 0.3 is 0 Å². The average Bonchev–Trinajstić information content (AvgIpc) is 3.38. The van der Waals surface area contributed by atoms with Gasteiger partial charge in [-0.25, -0.2) is 23.1 Å². The number of aromatic nitrogens is 2. The highest BCUT2D eigenvalue weighted by Gasteiger charge is 2.43. The molecule has 5 rings (SSSR count). The lowest BCUT2D eigenvalue weighted by Crippen LogP contribution is -2.45. The van der Waals surface area contributed by atoms with Gasteiger partial charge in [0.25, 0.3) is 0 Å². The second kappa shape index (κ2) is 12.6. The van der Waals surface area contributed by atoms with Gasteiger partial charge in [0.1, 0.15) is 18.5 Å². The fourth-order valence-electron chi connectivity index (χ4n) is 5.28. The molecular weight excluding hydrogens is 530 g/mol. The summed E-state index contributed by atoms with van der Waals surface area (Å²) in [4.78, 5) is 11.7. The number of piperidine rings is 1. The lowest BCUT2D eigenvalue weighted by atomic mass is 9.87. The summed E-state index contributed by atoms with van der Waals surface area (Å²) in [6.45, 7) is 2.67. The molecule has 10 nitrogen and oxygen atoms in total. The first-order valence-corrected chi connectivity index (χ1v) is 15.2. The van der Waals surface area contributed by atoms with Gasteiger partial charge in [0.15, 0.2) is 0 Å². The van der Waals surface area contributed by atoms with Gasteiger partial charge in [-0.3, -0.25) is 0 Å². The van der Waals surface area contributed by atoms with E-state index in [0.29, 0.717) is 18.9 Å². The highest BCUT2D eigenvalue weighted by atomic mass is 32.2. The summed E-state index contributed by atoms with van der Waals surface area (Å²) in [5.74, 6) is 1.16. The minimum Gasteiger partial charge on any atom is -0.491 e. The van der Waals surface area contributed by atoms with Crippen molar-refractivity contribution in [3.05, 3.63) is 78.1 Å². The third-order valence-electron chi connectivity index (χ3n) is 7.56. The maximum Gasteiger partial charge on any atom is 0.240 e. The zero-order valence-corrected chi connectivity index (χ0v) is 23.5. The van der Waals surface area contributed by atoms with E-state index in [0.717, 1.165) is 50.4 Å². The van der Waals surface area contributed by atoms with Gasteiger partial charge in [-0.2, -0.15) is 0 Å². The van der Waals surface area contributed by atoms with Gasteiger partial charge in [-0.05, 0) is 50.1 Å². The van der Waals surface area contributed by atoms with E-state index in [2.05, 4.69) is 32.1 Å². The zero-order chi connectivity index (χ0) is 28.0. The molecule has 2 fully saturated rings.